The molecule has 2 atom stereocenters. The summed E-state index contributed by atoms with van der Waals surface area (Å²) in [5.74, 6) is 1.85. The highest BCUT2D eigenvalue weighted by atomic mass is 79.9. The summed E-state index contributed by atoms with van der Waals surface area (Å²) in [7, 11) is -1.50. The van der Waals surface area contributed by atoms with Gasteiger partial charge in [0.25, 0.3) is 0 Å². The van der Waals surface area contributed by atoms with Crippen molar-refractivity contribution in [3.63, 3.8) is 0 Å². The zero-order valence-corrected chi connectivity index (χ0v) is 18.4. The summed E-state index contributed by atoms with van der Waals surface area (Å²) in [5.41, 5.74) is 1.17. The first kappa shape index (κ1) is 19.1. The van der Waals surface area contributed by atoms with E-state index in [0.29, 0.717) is 15.3 Å². The van der Waals surface area contributed by atoms with E-state index in [1.165, 1.54) is 12.1 Å². The predicted molar refractivity (Wildman–Crippen MR) is 114 cm³/mol. The Morgan fingerprint density at radius 1 is 1.07 bits per heavy atom. The SMILES string of the molecule is O=S(c1ccc(F)cc1)N1c2ccc(Br)c(F)c2C2(CCSCC2)C1C1CC1. The van der Waals surface area contributed by atoms with Crippen LogP contribution in [0, 0.1) is 17.6 Å². The molecule has 148 valence electrons. The van der Waals surface area contributed by atoms with Gasteiger partial charge >= 0.3 is 0 Å². The standard InChI is InChI=1S/C21H20BrF2NOS2/c22-16-7-8-17-18(19(16)24)21(9-11-27-12-10-21)20(13-1-2-13)25(17)28(26)15-5-3-14(23)4-6-15/h3-8,13,20H,1-2,9-12H2. The van der Waals surface area contributed by atoms with Gasteiger partial charge in [0.2, 0.25) is 0 Å². The van der Waals surface area contributed by atoms with Crippen LogP contribution in [0.25, 0.3) is 0 Å². The molecule has 2 aliphatic heterocycles. The van der Waals surface area contributed by atoms with Crippen LogP contribution in [-0.2, 0) is 16.4 Å². The van der Waals surface area contributed by atoms with Crippen LogP contribution in [0.5, 0.6) is 0 Å². The van der Waals surface area contributed by atoms with Gasteiger partial charge in [0.1, 0.15) is 11.6 Å². The maximum atomic E-state index is 15.5. The fraction of sp³-hybridized carbons (Fsp3) is 0.429. The quantitative estimate of drug-likeness (QED) is 0.548. The van der Waals surface area contributed by atoms with Gasteiger partial charge in [-0.25, -0.2) is 13.0 Å². The van der Waals surface area contributed by atoms with E-state index in [9.17, 15) is 8.60 Å². The first-order chi connectivity index (χ1) is 13.5. The Morgan fingerprint density at radius 3 is 2.39 bits per heavy atom. The van der Waals surface area contributed by atoms with Crippen LogP contribution < -0.4 is 4.31 Å². The molecule has 28 heavy (non-hydrogen) atoms. The Bertz CT molecular complexity index is 942. The van der Waals surface area contributed by atoms with E-state index in [1.807, 2.05) is 22.1 Å². The van der Waals surface area contributed by atoms with Crippen LogP contribution in [0.4, 0.5) is 14.5 Å². The number of halogens is 3. The largest absolute Gasteiger partial charge is 0.283 e. The van der Waals surface area contributed by atoms with Gasteiger partial charge in [-0.2, -0.15) is 11.8 Å². The van der Waals surface area contributed by atoms with Crippen LogP contribution in [0.15, 0.2) is 45.8 Å². The maximum Gasteiger partial charge on any atom is 0.153 e. The molecule has 1 aliphatic carbocycles. The van der Waals surface area contributed by atoms with Crippen LogP contribution in [-0.4, -0.2) is 21.8 Å². The van der Waals surface area contributed by atoms with E-state index in [2.05, 4.69) is 15.9 Å². The maximum absolute atomic E-state index is 15.5. The molecule has 1 saturated heterocycles. The molecule has 1 spiro atoms. The zero-order valence-electron chi connectivity index (χ0n) is 15.2. The molecule has 0 amide bonds. The summed E-state index contributed by atoms with van der Waals surface area (Å²) in [5, 5.41) is 0. The lowest BCUT2D eigenvalue weighted by Crippen LogP contribution is -2.49. The van der Waals surface area contributed by atoms with Crippen molar-refractivity contribution < 1.29 is 13.0 Å². The Labute approximate surface area is 178 Å². The van der Waals surface area contributed by atoms with Crippen LogP contribution in [0.2, 0.25) is 0 Å². The van der Waals surface area contributed by atoms with Gasteiger partial charge in [-0.1, -0.05) is 0 Å². The normalized spacial score (nSPS) is 24.4. The van der Waals surface area contributed by atoms with Crippen molar-refractivity contribution in [2.45, 2.75) is 42.0 Å². The average Bonchev–Trinajstić information content (AvgIpc) is 3.50. The summed E-state index contributed by atoms with van der Waals surface area (Å²) in [4.78, 5) is 0.559. The van der Waals surface area contributed by atoms with Crippen LogP contribution >= 0.6 is 27.7 Å². The molecular weight excluding hydrogens is 464 g/mol. The van der Waals surface area contributed by atoms with Crippen molar-refractivity contribution >= 4 is 44.4 Å². The fourth-order valence-electron chi connectivity index (χ4n) is 4.91. The van der Waals surface area contributed by atoms with Crippen molar-refractivity contribution in [1.82, 2.24) is 0 Å². The Morgan fingerprint density at radius 2 is 1.75 bits per heavy atom. The lowest BCUT2D eigenvalue weighted by atomic mass is 9.70. The topological polar surface area (TPSA) is 20.3 Å². The summed E-state index contributed by atoms with van der Waals surface area (Å²) in [6.07, 6.45) is 3.98. The van der Waals surface area contributed by atoms with E-state index in [1.54, 1.807) is 18.2 Å². The number of rotatable bonds is 3. The molecule has 0 radical (unpaired) electrons. The average molecular weight is 484 g/mol. The molecule has 2 aromatic rings. The first-order valence-electron chi connectivity index (χ1n) is 9.56. The van der Waals surface area contributed by atoms with Gasteiger partial charge in [-0.3, -0.25) is 4.31 Å². The molecule has 1 saturated carbocycles. The molecule has 7 heteroatoms. The minimum atomic E-state index is -1.50. The van der Waals surface area contributed by atoms with Crippen LogP contribution in [0.1, 0.15) is 31.2 Å². The number of hydrogen-bond acceptors (Lipinski definition) is 2. The smallest absolute Gasteiger partial charge is 0.153 e. The van der Waals surface area contributed by atoms with Gasteiger partial charge in [-0.05, 0) is 95.4 Å². The van der Waals surface area contributed by atoms with Crippen molar-refractivity contribution in [2.24, 2.45) is 5.92 Å². The van der Waals surface area contributed by atoms with E-state index >= 15 is 4.39 Å². The Kier molecular flexibility index (Phi) is 4.83. The summed E-state index contributed by atoms with van der Waals surface area (Å²) in [6.45, 7) is 0. The van der Waals surface area contributed by atoms with Crippen molar-refractivity contribution in [3.05, 3.63) is 58.1 Å². The molecule has 0 N–H and O–H groups in total. The third-order valence-electron chi connectivity index (χ3n) is 6.27. The molecule has 0 aromatic heterocycles. The van der Waals surface area contributed by atoms with Gasteiger partial charge in [0.15, 0.2) is 11.0 Å². The monoisotopic (exact) mass is 483 g/mol. The number of benzene rings is 2. The zero-order chi connectivity index (χ0) is 19.5. The Hall–Kier alpha value is -0.920. The third kappa shape index (κ3) is 2.88. The van der Waals surface area contributed by atoms with E-state index in [0.717, 1.165) is 48.4 Å². The van der Waals surface area contributed by atoms with Crippen molar-refractivity contribution in [3.8, 4) is 0 Å². The summed E-state index contributed by atoms with van der Waals surface area (Å²) in [6, 6.07) is 9.46. The lowest BCUT2D eigenvalue weighted by Gasteiger charge is -2.41. The molecule has 5 rings (SSSR count). The van der Waals surface area contributed by atoms with E-state index < -0.39 is 11.0 Å². The van der Waals surface area contributed by atoms with Gasteiger partial charge in [-0.15, -0.1) is 0 Å². The van der Waals surface area contributed by atoms with Gasteiger partial charge in [0.05, 0.1) is 21.1 Å². The predicted octanol–water partition coefficient (Wildman–Crippen LogP) is 5.81. The second-order valence-electron chi connectivity index (χ2n) is 7.84. The van der Waals surface area contributed by atoms with E-state index in [4.69, 9.17) is 0 Å². The van der Waals surface area contributed by atoms with Gasteiger partial charge in [0, 0.05) is 11.0 Å². The second kappa shape index (κ2) is 7.10. The molecule has 3 aliphatic rings. The molecule has 0 bridgehead atoms. The molecule has 2 aromatic carbocycles. The molecular formula is C21H20BrF2NOS2. The highest BCUT2D eigenvalue weighted by Gasteiger charge is 2.59. The number of hydrogen-bond donors (Lipinski definition) is 0. The number of nitrogens with zero attached hydrogens (tertiary/aromatic N) is 1. The first-order valence-corrected chi connectivity index (χ1v) is 12.6. The number of thioether (sulfide) groups is 1. The Balaban J connectivity index is 1.69. The number of fused-ring (bicyclic) bond motifs is 2. The second-order valence-corrected chi connectivity index (χ2v) is 11.3. The minimum Gasteiger partial charge on any atom is -0.283 e. The molecule has 2 heterocycles. The van der Waals surface area contributed by atoms with E-state index in [-0.39, 0.29) is 23.1 Å². The molecule has 2 fully saturated rings. The fourth-order valence-corrected chi connectivity index (χ4v) is 7.97. The van der Waals surface area contributed by atoms with Gasteiger partial charge < -0.3 is 0 Å². The van der Waals surface area contributed by atoms with Crippen LogP contribution in [0.3, 0.4) is 0 Å². The van der Waals surface area contributed by atoms with Crippen molar-refractivity contribution in [1.29, 1.82) is 0 Å². The molecule has 2 unspecified atom stereocenters. The lowest BCUT2D eigenvalue weighted by molar-refractivity contribution is 0.308. The summed E-state index contributed by atoms with van der Waals surface area (Å²) < 4.78 is 44.9. The minimum absolute atomic E-state index is 0.0260. The summed E-state index contributed by atoms with van der Waals surface area (Å²) >= 11 is 5.28. The number of anilines is 1. The third-order valence-corrected chi connectivity index (χ3v) is 9.33. The highest BCUT2D eigenvalue weighted by Crippen LogP contribution is 2.60. The highest BCUT2D eigenvalue weighted by molar-refractivity contribution is 9.10. The molecule has 2 nitrogen and oxygen atoms in total. The van der Waals surface area contributed by atoms with Crippen molar-refractivity contribution in [2.75, 3.05) is 15.8 Å².